The average molecular weight is 215 g/mol. The fraction of sp³-hybridized carbons (Fsp3) is 1.00. The minimum atomic E-state index is -0.726. The van der Waals surface area contributed by atoms with Gasteiger partial charge in [-0.1, -0.05) is 5.11 Å². The standard InChI is InChI=1S/C8H13N3O4/c1-8(2)14-5-4(3-12)13-7(10-11-9)6(5)15-8/h4-7,12H,3H2,1-2H3/t4-,5-,6-,7?/m1/s1. The molecule has 2 aliphatic heterocycles. The van der Waals surface area contributed by atoms with Gasteiger partial charge in [0, 0.05) is 4.91 Å². The van der Waals surface area contributed by atoms with Crippen LogP contribution in [0, 0.1) is 0 Å². The largest absolute Gasteiger partial charge is 0.394 e. The van der Waals surface area contributed by atoms with Crippen molar-refractivity contribution in [3.63, 3.8) is 0 Å². The number of aliphatic hydroxyl groups excluding tert-OH is 1. The highest BCUT2D eigenvalue weighted by Gasteiger charge is 2.54. The molecule has 0 saturated carbocycles. The normalized spacial score (nSPS) is 42.3. The summed E-state index contributed by atoms with van der Waals surface area (Å²) in [6.07, 6.45) is -2.03. The molecule has 0 amide bonds. The van der Waals surface area contributed by atoms with E-state index in [0.717, 1.165) is 0 Å². The van der Waals surface area contributed by atoms with Crippen LogP contribution < -0.4 is 0 Å². The van der Waals surface area contributed by atoms with Crippen LogP contribution in [0.25, 0.3) is 10.4 Å². The van der Waals surface area contributed by atoms with Gasteiger partial charge in [-0.05, 0) is 19.4 Å². The highest BCUT2D eigenvalue weighted by Crippen LogP contribution is 2.38. The zero-order valence-electron chi connectivity index (χ0n) is 8.53. The SMILES string of the molecule is CC1(C)O[C@@H]2[C@@H](CO)OC(N=[N+]=[N-])[C@@H]2O1. The lowest BCUT2D eigenvalue weighted by Gasteiger charge is -2.21. The second kappa shape index (κ2) is 3.62. The molecule has 0 spiro atoms. The van der Waals surface area contributed by atoms with Crippen molar-refractivity contribution in [2.75, 3.05) is 6.61 Å². The molecule has 84 valence electrons. The predicted octanol–water partition coefficient (Wildman–Crippen LogP) is 0.534. The van der Waals surface area contributed by atoms with Crippen molar-refractivity contribution in [1.82, 2.24) is 0 Å². The molecule has 4 atom stereocenters. The zero-order chi connectivity index (χ0) is 11.1. The van der Waals surface area contributed by atoms with E-state index in [4.69, 9.17) is 24.8 Å². The molecule has 0 radical (unpaired) electrons. The van der Waals surface area contributed by atoms with Crippen LogP contribution in [0.3, 0.4) is 0 Å². The van der Waals surface area contributed by atoms with E-state index in [1.807, 2.05) is 0 Å². The van der Waals surface area contributed by atoms with Gasteiger partial charge in [-0.3, -0.25) is 0 Å². The van der Waals surface area contributed by atoms with Crippen molar-refractivity contribution in [3.05, 3.63) is 10.4 Å². The zero-order valence-corrected chi connectivity index (χ0v) is 8.53. The van der Waals surface area contributed by atoms with E-state index < -0.39 is 24.2 Å². The number of hydrogen-bond donors (Lipinski definition) is 1. The topological polar surface area (TPSA) is 96.7 Å². The maximum atomic E-state index is 9.07. The Morgan fingerprint density at radius 1 is 1.40 bits per heavy atom. The number of fused-ring (bicyclic) bond motifs is 1. The molecule has 0 aromatic rings. The maximum absolute atomic E-state index is 9.07. The van der Waals surface area contributed by atoms with Crippen LogP contribution in [-0.4, -0.2) is 42.0 Å². The second-order valence-electron chi connectivity index (χ2n) is 4.02. The smallest absolute Gasteiger partial charge is 0.165 e. The summed E-state index contributed by atoms with van der Waals surface area (Å²) in [6, 6.07) is 0. The van der Waals surface area contributed by atoms with E-state index in [2.05, 4.69) is 10.0 Å². The van der Waals surface area contributed by atoms with Gasteiger partial charge >= 0.3 is 0 Å². The van der Waals surface area contributed by atoms with E-state index >= 15 is 0 Å². The predicted molar refractivity (Wildman–Crippen MR) is 48.7 cm³/mol. The lowest BCUT2D eigenvalue weighted by Crippen LogP contribution is -2.31. The Hall–Kier alpha value is -0.850. The molecule has 7 heteroatoms. The molecule has 1 unspecified atom stereocenters. The Bertz CT molecular complexity index is 302. The molecule has 0 aromatic carbocycles. The van der Waals surface area contributed by atoms with E-state index in [1.165, 1.54) is 0 Å². The molecular formula is C8H13N3O4. The molecule has 7 nitrogen and oxygen atoms in total. The van der Waals surface area contributed by atoms with Gasteiger partial charge in [0.25, 0.3) is 0 Å². The minimum Gasteiger partial charge on any atom is -0.394 e. The third-order valence-electron chi connectivity index (χ3n) is 2.47. The van der Waals surface area contributed by atoms with Crippen molar-refractivity contribution in [2.24, 2.45) is 5.11 Å². The summed E-state index contributed by atoms with van der Waals surface area (Å²) in [5, 5.41) is 12.5. The molecule has 15 heavy (non-hydrogen) atoms. The first-order chi connectivity index (χ1) is 7.07. The van der Waals surface area contributed by atoms with Gasteiger partial charge in [0.05, 0.1) is 6.61 Å². The van der Waals surface area contributed by atoms with Gasteiger partial charge in [0.2, 0.25) is 0 Å². The first-order valence-corrected chi connectivity index (χ1v) is 4.73. The molecule has 2 fully saturated rings. The Morgan fingerprint density at radius 3 is 2.67 bits per heavy atom. The van der Waals surface area contributed by atoms with Crippen molar-refractivity contribution < 1.29 is 19.3 Å². The van der Waals surface area contributed by atoms with Crippen LogP contribution >= 0.6 is 0 Å². The number of azide groups is 1. The quantitative estimate of drug-likeness (QED) is 0.413. The van der Waals surface area contributed by atoms with E-state index in [1.54, 1.807) is 13.8 Å². The third-order valence-corrected chi connectivity index (χ3v) is 2.47. The minimum absolute atomic E-state index is 0.182. The monoisotopic (exact) mass is 215 g/mol. The highest BCUT2D eigenvalue weighted by molar-refractivity contribution is 4.96. The average Bonchev–Trinajstić information content (AvgIpc) is 2.61. The summed E-state index contributed by atoms with van der Waals surface area (Å²) < 4.78 is 16.4. The van der Waals surface area contributed by atoms with Crippen LogP contribution in [0.5, 0.6) is 0 Å². The lowest BCUT2D eigenvalue weighted by atomic mass is 10.1. The van der Waals surface area contributed by atoms with E-state index in [9.17, 15) is 0 Å². The van der Waals surface area contributed by atoms with Crippen molar-refractivity contribution in [2.45, 2.75) is 44.2 Å². The first-order valence-electron chi connectivity index (χ1n) is 4.73. The molecule has 1 N–H and O–H groups in total. The van der Waals surface area contributed by atoms with Gasteiger partial charge in [0.15, 0.2) is 12.0 Å². The van der Waals surface area contributed by atoms with Crippen molar-refractivity contribution in [1.29, 1.82) is 0 Å². The van der Waals surface area contributed by atoms with Crippen LogP contribution in [0.2, 0.25) is 0 Å². The Kier molecular flexibility index (Phi) is 2.57. The lowest BCUT2D eigenvalue weighted by molar-refractivity contribution is -0.189. The number of rotatable bonds is 2. The summed E-state index contributed by atoms with van der Waals surface area (Å²) in [5.74, 6) is -0.726. The molecule has 0 bridgehead atoms. The Morgan fingerprint density at radius 2 is 2.07 bits per heavy atom. The maximum Gasteiger partial charge on any atom is 0.165 e. The second-order valence-corrected chi connectivity index (χ2v) is 4.02. The molecule has 0 aliphatic carbocycles. The summed E-state index contributed by atoms with van der Waals surface area (Å²) in [5.41, 5.74) is 8.36. The molecule has 0 aromatic heterocycles. The first kappa shape index (κ1) is 10.7. The van der Waals surface area contributed by atoms with Gasteiger partial charge in [-0.2, -0.15) is 0 Å². The third kappa shape index (κ3) is 1.80. The molecule has 2 saturated heterocycles. The summed E-state index contributed by atoms with van der Waals surface area (Å²) in [7, 11) is 0. The summed E-state index contributed by atoms with van der Waals surface area (Å²) in [4.78, 5) is 2.68. The Labute approximate surface area is 86.6 Å². The van der Waals surface area contributed by atoms with E-state index in [0.29, 0.717) is 0 Å². The van der Waals surface area contributed by atoms with Crippen LogP contribution in [0.15, 0.2) is 5.11 Å². The van der Waals surface area contributed by atoms with E-state index in [-0.39, 0.29) is 12.7 Å². The van der Waals surface area contributed by atoms with Gasteiger partial charge in [-0.25, -0.2) is 0 Å². The number of hydrogen-bond acceptors (Lipinski definition) is 5. The fourth-order valence-corrected chi connectivity index (χ4v) is 1.95. The summed E-state index contributed by atoms with van der Waals surface area (Å²) in [6.45, 7) is 3.36. The molecular weight excluding hydrogens is 202 g/mol. The van der Waals surface area contributed by atoms with Crippen molar-refractivity contribution >= 4 is 0 Å². The van der Waals surface area contributed by atoms with Crippen LogP contribution in [0.4, 0.5) is 0 Å². The van der Waals surface area contributed by atoms with Gasteiger partial charge in [0.1, 0.15) is 18.3 Å². The molecule has 2 rings (SSSR count). The van der Waals surface area contributed by atoms with Gasteiger partial charge in [-0.15, -0.1) is 0 Å². The highest BCUT2D eigenvalue weighted by atomic mass is 16.8. The number of ether oxygens (including phenoxy) is 3. The number of nitrogens with zero attached hydrogens (tertiary/aromatic N) is 3. The van der Waals surface area contributed by atoms with Crippen molar-refractivity contribution in [3.8, 4) is 0 Å². The fourth-order valence-electron chi connectivity index (χ4n) is 1.95. The summed E-state index contributed by atoms with van der Waals surface area (Å²) >= 11 is 0. The van der Waals surface area contributed by atoms with Crippen LogP contribution in [0.1, 0.15) is 13.8 Å². The van der Waals surface area contributed by atoms with Crippen LogP contribution in [-0.2, 0) is 14.2 Å². The molecule has 2 aliphatic rings. The van der Waals surface area contributed by atoms with Gasteiger partial charge < -0.3 is 19.3 Å². The Balaban J connectivity index is 2.18. The molecule has 2 heterocycles. The number of aliphatic hydroxyl groups is 1.